The van der Waals surface area contributed by atoms with Crippen LogP contribution < -0.4 is 5.73 Å². The van der Waals surface area contributed by atoms with Gasteiger partial charge < -0.3 is 10.5 Å². The maximum Gasteiger partial charge on any atom is 0.0710 e. The molecule has 3 nitrogen and oxygen atoms in total. The minimum atomic E-state index is 0.275. The van der Waals surface area contributed by atoms with Gasteiger partial charge in [-0.25, -0.2) is 0 Å². The first-order valence-corrected chi connectivity index (χ1v) is 9.38. The lowest BCUT2D eigenvalue weighted by Gasteiger charge is -2.38. The van der Waals surface area contributed by atoms with Crippen molar-refractivity contribution in [2.24, 2.45) is 5.73 Å². The Labute approximate surface area is 130 Å². The van der Waals surface area contributed by atoms with Gasteiger partial charge in [-0.05, 0) is 57.9 Å². The molecule has 3 rings (SSSR count). The zero-order chi connectivity index (χ0) is 14.7. The first kappa shape index (κ1) is 15.8. The third kappa shape index (κ3) is 3.80. The summed E-state index contributed by atoms with van der Waals surface area (Å²) in [5.41, 5.74) is 6.33. The van der Waals surface area contributed by atoms with E-state index in [9.17, 15) is 0 Å². The van der Waals surface area contributed by atoms with Crippen LogP contribution >= 0.6 is 0 Å². The van der Waals surface area contributed by atoms with Crippen LogP contribution in [-0.4, -0.2) is 41.8 Å². The van der Waals surface area contributed by atoms with Crippen LogP contribution in [0.4, 0.5) is 0 Å². The Bertz CT molecular complexity index is 319. The second-order valence-corrected chi connectivity index (χ2v) is 7.68. The quantitative estimate of drug-likeness (QED) is 0.863. The first-order valence-electron chi connectivity index (χ1n) is 9.38. The molecule has 1 unspecified atom stereocenters. The molecule has 0 radical (unpaired) electrons. The second kappa shape index (κ2) is 6.97. The Hall–Kier alpha value is -0.120. The van der Waals surface area contributed by atoms with Gasteiger partial charge in [0, 0.05) is 18.6 Å². The molecule has 3 heteroatoms. The summed E-state index contributed by atoms with van der Waals surface area (Å²) in [6, 6.07) is 1.20. The van der Waals surface area contributed by atoms with Crippen molar-refractivity contribution in [3.8, 4) is 0 Å². The summed E-state index contributed by atoms with van der Waals surface area (Å²) < 4.78 is 6.57. The Balaban J connectivity index is 1.50. The molecule has 0 aromatic rings. The molecule has 2 N–H and O–H groups in total. The summed E-state index contributed by atoms with van der Waals surface area (Å²) in [6.45, 7) is 4.62. The molecule has 0 amide bonds. The SMILES string of the molecule is CCN(CC1CCC2(CCCCC2)O1)C1CCC(N)CC1. The van der Waals surface area contributed by atoms with E-state index in [2.05, 4.69) is 11.8 Å². The van der Waals surface area contributed by atoms with Crippen LogP contribution in [-0.2, 0) is 4.74 Å². The number of hydrogen-bond donors (Lipinski definition) is 1. The van der Waals surface area contributed by atoms with Crippen molar-refractivity contribution in [3.05, 3.63) is 0 Å². The van der Waals surface area contributed by atoms with E-state index in [1.54, 1.807) is 0 Å². The smallest absolute Gasteiger partial charge is 0.0710 e. The number of nitrogens with zero attached hydrogens (tertiary/aromatic N) is 1. The molecule has 0 bridgehead atoms. The van der Waals surface area contributed by atoms with Crippen molar-refractivity contribution in [2.45, 2.75) is 101 Å². The summed E-state index contributed by atoms with van der Waals surface area (Å²) in [5, 5.41) is 0. The average molecular weight is 294 g/mol. The highest BCUT2D eigenvalue weighted by atomic mass is 16.5. The molecule has 1 saturated heterocycles. The average Bonchev–Trinajstić information content (AvgIpc) is 2.89. The minimum absolute atomic E-state index is 0.275. The van der Waals surface area contributed by atoms with Gasteiger partial charge >= 0.3 is 0 Å². The fourth-order valence-electron chi connectivity index (χ4n) is 4.85. The molecule has 2 aliphatic carbocycles. The molecule has 0 aromatic carbocycles. The minimum Gasteiger partial charge on any atom is -0.370 e. The van der Waals surface area contributed by atoms with Crippen molar-refractivity contribution in [2.75, 3.05) is 13.1 Å². The lowest BCUT2D eigenvalue weighted by Crippen LogP contribution is -2.44. The van der Waals surface area contributed by atoms with Crippen molar-refractivity contribution in [3.63, 3.8) is 0 Å². The first-order chi connectivity index (χ1) is 10.2. The van der Waals surface area contributed by atoms with E-state index < -0.39 is 0 Å². The van der Waals surface area contributed by atoms with E-state index in [0.29, 0.717) is 12.1 Å². The molecule has 1 atom stereocenters. The summed E-state index contributed by atoms with van der Waals surface area (Å²) in [6.07, 6.45) is 14.9. The Morgan fingerprint density at radius 1 is 1.00 bits per heavy atom. The van der Waals surface area contributed by atoms with E-state index in [0.717, 1.165) is 19.1 Å². The van der Waals surface area contributed by atoms with Crippen LogP contribution in [0.5, 0.6) is 0 Å². The molecule has 122 valence electrons. The lowest BCUT2D eigenvalue weighted by atomic mass is 9.83. The zero-order valence-corrected chi connectivity index (χ0v) is 13.9. The fourth-order valence-corrected chi connectivity index (χ4v) is 4.85. The van der Waals surface area contributed by atoms with Crippen LogP contribution in [0.3, 0.4) is 0 Å². The Morgan fingerprint density at radius 3 is 2.38 bits per heavy atom. The highest BCUT2D eigenvalue weighted by Gasteiger charge is 2.41. The highest BCUT2D eigenvalue weighted by Crippen LogP contribution is 2.42. The van der Waals surface area contributed by atoms with Crippen LogP contribution in [0.15, 0.2) is 0 Å². The largest absolute Gasteiger partial charge is 0.370 e. The molecular weight excluding hydrogens is 260 g/mol. The van der Waals surface area contributed by atoms with E-state index in [-0.39, 0.29) is 5.60 Å². The third-order valence-electron chi connectivity index (χ3n) is 6.21. The molecule has 0 aromatic heterocycles. The number of nitrogens with two attached hydrogens (primary N) is 1. The van der Waals surface area contributed by atoms with Gasteiger partial charge in [0.2, 0.25) is 0 Å². The number of rotatable bonds is 4. The van der Waals surface area contributed by atoms with Gasteiger partial charge in [0.15, 0.2) is 0 Å². The molecule has 3 aliphatic rings. The van der Waals surface area contributed by atoms with Crippen molar-refractivity contribution >= 4 is 0 Å². The molecule has 3 fully saturated rings. The second-order valence-electron chi connectivity index (χ2n) is 7.68. The molecule has 1 aliphatic heterocycles. The van der Waals surface area contributed by atoms with Gasteiger partial charge in [-0.3, -0.25) is 4.90 Å². The van der Waals surface area contributed by atoms with Crippen molar-refractivity contribution in [1.82, 2.24) is 4.90 Å². The monoisotopic (exact) mass is 294 g/mol. The van der Waals surface area contributed by atoms with Gasteiger partial charge in [0.1, 0.15) is 0 Å². The van der Waals surface area contributed by atoms with Crippen LogP contribution in [0, 0.1) is 0 Å². The molecular formula is C18H34N2O. The summed E-state index contributed by atoms with van der Waals surface area (Å²) in [5.74, 6) is 0. The topological polar surface area (TPSA) is 38.5 Å². The normalized spacial score (nSPS) is 36.4. The van der Waals surface area contributed by atoms with E-state index >= 15 is 0 Å². The zero-order valence-electron chi connectivity index (χ0n) is 13.9. The number of ether oxygens (including phenoxy) is 1. The maximum absolute atomic E-state index is 6.57. The number of hydrogen-bond acceptors (Lipinski definition) is 3. The van der Waals surface area contributed by atoms with Crippen LogP contribution in [0.2, 0.25) is 0 Å². The summed E-state index contributed by atoms with van der Waals surface area (Å²) in [7, 11) is 0. The van der Waals surface area contributed by atoms with Gasteiger partial charge in [0.25, 0.3) is 0 Å². The lowest BCUT2D eigenvalue weighted by molar-refractivity contribution is -0.0755. The standard InChI is InChI=1S/C18H34N2O/c1-2-20(16-8-6-15(19)7-9-16)14-17-10-13-18(21-17)11-4-3-5-12-18/h15-17H,2-14,19H2,1H3. The third-order valence-corrected chi connectivity index (χ3v) is 6.21. The molecule has 1 spiro atoms. The fraction of sp³-hybridized carbons (Fsp3) is 1.00. The highest BCUT2D eigenvalue weighted by molar-refractivity contribution is 4.93. The van der Waals surface area contributed by atoms with Gasteiger partial charge in [0.05, 0.1) is 11.7 Å². The molecule has 2 saturated carbocycles. The Kier molecular flexibility index (Phi) is 5.23. The van der Waals surface area contributed by atoms with Crippen molar-refractivity contribution in [1.29, 1.82) is 0 Å². The maximum atomic E-state index is 6.57. The van der Waals surface area contributed by atoms with Crippen molar-refractivity contribution < 1.29 is 4.74 Å². The van der Waals surface area contributed by atoms with Gasteiger partial charge in [-0.15, -0.1) is 0 Å². The number of likely N-dealkylation sites (N-methyl/N-ethyl adjacent to an activating group) is 1. The predicted molar refractivity (Wildman–Crippen MR) is 87.4 cm³/mol. The van der Waals surface area contributed by atoms with Crippen LogP contribution in [0.25, 0.3) is 0 Å². The van der Waals surface area contributed by atoms with E-state index in [1.807, 2.05) is 0 Å². The molecule has 1 heterocycles. The molecule has 21 heavy (non-hydrogen) atoms. The van der Waals surface area contributed by atoms with E-state index in [1.165, 1.54) is 70.6 Å². The van der Waals surface area contributed by atoms with Crippen LogP contribution in [0.1, 0.15) is 77.6 Å². The van der Waals surface area contributed by atoms with E-state index in [4.69, 9.17) is 10.5 Å². The summed E-state index contributed by atoms with van der Waals surface area (Å²) >= 11 is 0. The van der Waals surface area contributed by atoms with Gasteiger partial charge in [-0.2, -0.15) is 0 Å². The van der Waals surface area contributed by atoms with Gasteiger partial charge in [-0.1, -0.05) is 26.2 Å². The predicted octanol–water partition coefficient (Wildman–Crippen LogP) is 3.46. The summed E-state index contributed by atoms with van der Waals surface area (Å²) in [4.78, 5) is 2.68. The Morgan fingerprint density at radius 2 is 1.71 bits per heavy atom.